The SMILES string of the molecule is COc1ccc(-c2nc3cc(NC(=O)c4ccc(-c5ccc(Br)cc5)o4)ccc3o2)cc1Cl. The van der Waals surface area contributed by atoms with Crippen molar-refractivity contribution in [1.82, 2.24) is 4.98 Å². The van der Waals surface area contributed by atoms with Gasteiger partial charge in [0.2, 0.25) is 5.89 Å². The first-order valence-corrected chi connectivity index (χ1v) is 11.1. The van der Waals surface area contributed by atoms with E-state index in [-0.39, 0.29) is 11.7 Å². The normalized spacial score (nSPS) is 11.0. The number of aromatic nitrogens is 1. The predicted octanol–water partition coefficient (Wildman–Crippen LogP) is 7.43. The van der Waals surface area contributed by atoms with Crippen LogP contribution in [0, 0.1) is 0 Å². The minimum Gasteiger partial charge on any atom is -0.495 e. The highest BCUT2D eigenvalue weighted by atomic mass is 79.9. The zero-order valence-electron chi connectivity index (χ0n) is 17.3. The van der Waals surface area contributed by atoms with Gasteiger partial charge in [0.15, 0.2) is 11.3 Å². The van der Waals surface area contributed by atoms with E-state index in [1.165, 1.54) is 0 Å². The third-order valence-corrected chi connectivity index (χ3v) is 5.83. The molecule has 0 aliphatic carbocycles. The molecule has 8 heteroatoms. The van der Waals surface area contributed by atoms with E-state index in [4.69, 9.17) is 25.2 Å². The number of nitrogens with zero attached hydrogens (tertiary/aromatic N) is 1. The van der Waals surface area contributed by atoms with Crippen LogP contribution in [0.3, 0.4) is 0 Å². The molecule has 33 heavy (non-hydrogen) atoms. The van der Waals surface area contributed by atoms with E-state index < -0.39 is 0 Å². The van der Waals surface area contributed by atoms with Gasteiger partial charge in [0.05, 0.1) is 12.1 Å². The number of carbonyl (C=O) groups is 1. The quantitative estimate of drug-likeness (QED) is 0.259. The Labute approximate surface area is 202 Å². The van der Waals surface area contributed by atoms with Crippen LogP contribution < -0.4 is 10.1 Å². The van der Waals surface area contributed by atoms with E-state index in [1.54, 1.807) is 49.6 Å². The van der Waals surface area contributed by atoms with Crippen LogP contribution in [-0.4, -0.2) is 18.0 Å². The summed E-state index contributed by atoms with van der Waals surface area (Å²) in [5.41, 5.74) is 3.36. The van der Waals surface area contributed by atoms with Gasteiger partial charge in [0.1, 0.15) is 17.0 Å². The molecule has 0 unspecified atom stereocenters. The van der Waals surface area contributed by atoms with E-state index in [0.29, 0.717) is 39.2 Å². The number of hydrogen-bond acceptors (Lipinski definition) is 5. The largest absolute Gasteiger partial charge is 0.495 e. The minimum atomic E-state index is -0.358. The van der Waals surface area contributed by atoms with E-state index in [1.807, 2.05) is 30.3 Å². The molecule has 1 amide bonds. The summed E-state index contributed by atoms with van der Waals surface area (Å²) in [6.07, 6.45) is 0. The molecule has 0 spiro atoms. The Morgan fingerprint density at radius 2 is 1.76 bits per heavy atom. The van der Waals surface area contributed by atoms with Crippen molar-refractivity contribution in [3.8, 4) is 28.5 Å². The van der Waals surface area contributed by atoms with Crippen LogP contribution in [0.4, 0.5) is 5.69 Å². The number of anilines is 1. The number of methoxy groups -OCH3 is 1. The molecule has 0 saturated carbocycles. The molecule has 0 fully saturated rings. The number of nitrogens with one attached hydrogen (secondary N) is 1. The number of fused-ring (bicyclic) bond motifs is 1. The number of carbonyl (C=O) groups excluding carboxylic acids is 1. The second-order valence-electron chi connectivity index (χ2n) is 7.18. The van der Waals surface area contributed by atoms with Gasteiger partial charge in [0.25, 0.3) is 5.91 Å². The molecule has 5 rings (SSSR count). The molecular weight excluding hydrogens is 508 g/mol. The predicted molar refractivity (Wildman–Crippen MR) is 131 cm³/mol. The second-order valence-corrected chi connectivity index (χ2v) is 8.50. The van der Waals surface area contributed by atoms with Crippen LogP contribution in [0.1, 0.15) is 10.6 Å². The van der Waals surface area contributed by atoms with Crippen molar-refractivity contribution in [3.63, 3.8) is 0 Å². The van der Waals surface area contributed by atoms with Crippen LogP contribution in [0.15, 0.2) is 86.1 Å². The molecule has 0 bridgehead atoms. The minimum absolute atomic E-state index is 0.210. The van der Waals surface area contributed by atoms with Crippen LogP contribution >= 0.6 is 27.5 Å². The standard InChI is InChI=1S/C25H16BrClN2O4/c1-31-21-8-4-15(12-18(21)27)25-29-19-13-17(7-9-22(19)33-25)28-24(30)23-11-10-20(32-23)14-2-5-16(26)6-3-14/h2-13H,1H3,(H,28,30). The first kappa shape index (κ1) is 21.3. The smallest absolute Gasteiger partial charge is 0.291 e. The molecular formula is C25H16BrClN2O4. The lowest BCUT2D eigenvalue weighted by Gasteiger charge is -2.03. The van der Waals surface area contributed by atoms with Gasteiger partial charge in [-0.25, -0.2) is 4.98 Å². The number of rotatable bonds is 5. The number of amides is 1. The molecule has 0 radical (unpaired) electrons. The number of hydrogen-bond donors (Lipinski definition) is 1. The van der Waals surface area contributed by atoms with Gasteiger partial charge in [-0.05, 0) is 60.7 Å². The second kappa shape index (κ2) is 8.77. The first-order valence-electron chi connectivity index (χ1n) is 9.92. The summed E-state index contributed by atoms with van der Waals surface area (Å²) in [6, 6.07) is 21.6. The van der Waals surface area contributed by atoms with Crippen molar-refractivity contribution < 1.29 is 18.4 Å². The third kappa shape index (κ3) is 4.37. The molecule has 0 atom stereocenters. The van der Waals surface area contributed by atoms with Gasteiger partial charge < -0.3 is 18.9 Å². The molecule has 164 valence electrons. The summed E-state index contributed by atoms with van der Waals surface area (Å²) in [4.78, 5) is 17.2. The van der Waals surface area contributed by atoms with Crippen LogP contribution in [0.25, 0.3) is 33.9 Å². The lowest BCUT2D eigenvalue weighted by Crippen LogP contribution is -2.10. The van der Waals surface area contributed by atoms with Gasteiger partial charge in [-0.1, -0.05) is 39.7 Å². The highest BCUT2D eigenvalue weighted by molar-refractivity contribution is 9.10. The Morgan fingerprint density at radius 3 is 2.52 bits per heavy atom. The first-order chi connectivity index (χ1) is 16.0. The fourth-order valence-electron chi connectivity index (χ4n) is 3.35. The maximum absolute atomic E-state index is 12.7. The average molecular weight is 524 g/mol. The van der Waals surface area contributed by atoms with E-state index >= 15 is 0 Å². The van der Waals surface area contributed by atoms with E-state index in [2.05, 4.69) is 26.2 Å². The number of halogens is 2. The summed E-state index contributed by atoms with van der Waals surface area (Å²) in [7, 11) is 1.56. The van der Waals surface area contributed by atoms with Crippen molar-refractivity contribution in [2.24, 2.45) is 0 Å². The van der Waals surface area contributed by atoms with Crippen LogP contribution in [0.2, 0.25) is 5.02 Å². The number of furan rings is 1. The Morgan fingerprint density at radius 1 is 0.970 bits per heavy atom. The maximum Gasteiger partial charge on any atom is 0.291 e. The molecule has 6 nitrogen and oxygen atoms in total. The third-order valence-electron chi connectivity index (χ3n) is 5.00. The van der Waals surface area contributed by atoms with Crippen LogP contribution in [0.5, 0.6) is 5.75 Å². The van der Waals surface area contributed by atoms with Gasteiger partial charge in [-0.2, -0.15) is 0 Å². The zero-order chi connectivity index (χ0) is 22.9. The summed E-state index contributed by atoms with van der Waals surface area (Å²) in [5, 5.41) is 3.30. The van der Waals surface area contributed by atoms with Crippen molar-refractivity contribution in [1.29, 1.82) is 0 Å². The maximum atomic E-state index is 12.7. The van der Waals surface area contributed by atoms with Crippen molar-refractivity contribution >= 4 is 50.2 Å². The fourth-order valence-corrected chi connectivity index (χ4v) is 3.87. The summed E-state index contributed by atoms with van der Waals surface area (Å²) in [5.74, 6) is 1.46. The monoisotopic (exact) mass is 522 g/mol. The zero-order valence-corrected chi connectivity index (χ0v) is 19.6. The van der Waals surface area contributed by atoms with Gasteiger partial charge in [0, 0.05) is 21.3 Å². The highest BCUT2D eigenvalue weighted by Gasteiger charge is 2.15. The van der Waals surface area contributed by atoms with Crippen LogP contribution in [-0.2, 0) is 0 Å². The van der Waals surface area contributed by atoms with E-state index in [0.717, 1.165) is 15.6 Å². The molecule has 5 aromatic rings. The molecule has 3 aromatic carbocycles. The number of ether oxygens (including phenoxy) is 1. The van der Waals surface area contributed by atoms with Crippen molar-refractivity contribution in [3.05, 3.63) is 88.1 Å². The van der Waals surface area contributed by atoms with Gasteiger partial charge in [-0.15, -0.1) is 0 Å². The molecule has 2 heterocycles. The fraction of sp³-hybridized carbons (Fsp3) is 0.0400. The molecule has 0 aliphatic rings. The summed E-state index contributed by atoms with van der Waals surface area (Å²) < 4.78 is 17.7. The lowest BCUT2D eigenvalue weighted by atomic mass is 10.2. The Bertz CT molecular complexity index is 1470. The Kier molecular flexibility index (Phi) is 5.66. The molecule has 1 N–H and O–H groups in total. The summed E-state index contributed by atoms with van der Waals surface area (Å²) in [6.45, 7) is 0. The van der Waals surface area contributed by atoms with Crippen molar-refractivity contribution in [2.45, 2.75) is 0 Å². The molecule has 0 aliphatic heterocycles. The Hall–Kier alpha value is -3.55. The lowest BCUT2D eigenvalue weighted by molar-refractivity contribution is 0.0997. The number of benzene rings is 3. The molecule has 0 saturated heterocycles. The van der Waals surface area contributed by atoms with Gasteiger partial charge in [-0.3, -0.25) is 4.79 Å². The average Bonchev–Trinajstić information content (AvgIpc) is 3.47. The summed E-state index contributed by atoms with van der Waals surface area (Å²) >= 11 is 9.62. The van der Waals surface area contributed by atoms with Gasteiger partial charge >= 0.3 is 0 Å². The van der Waals surface area contributed by atoms with Crippen molar-refractivity contribution in [2.75, 3.05) is 12.4 Å². The molecule has 2 aromatic heterocycles. The highest BCUT2D eigenvalue weighted by Crippen LogP contribution is 2.32. The Balaban J connectivity index is 1.36. The van der Waals surface area contributed by atoms with E-state index in [9.17, 15) is 4.79 Å². The topological polar surface area (TPSA) is 77.5 Å². The number of oxazole rings is 1.